The lowest BCUT2D eigenvalue weighted by Crippen LogP contribution is -2.36. The summed E-state index contributed by atoms with van der Waals surface area (Å²) in [7, 11) is 0. The van der Waals surface area contributed by atoms with Gasteiger partial charge in [-0.15, -0.1) is 13.2 Å². The van der Waals surface area contributed by atoms with E-state index in [4.69, 9.17) is 26.2 Å². The average Bonchev–Trinajstić information content (AvgIpc) is 3.19. The number of alkyl halides is 3. The Labute approximate surface area is 217 Å². The van der Waals surface area contributed by atoms with Crippen molar-refractivity contribution in [3.63, 3.8) is 0 Å². The minimum Gasteiger partial charge on any atom is -0.490 e. The van der Waals surface area contributed by atoms with Gasteiger partial charge in [0.25, 0.3) is 11.6 Å². The van der Waals surface area contributed by atoms with Crippen molar-refractivity contribution in [2.45, 2.75) is 25.9 Å². The molecular formula is C24H22ClF3N4O6. The fourth-order valence-corrected chi connectivity index (χ4v) is 3.77. The maximum Gasteiger partial charge on any atom is 0.573 e. The van der Waals surface area contributed by atoms with Crippen LogP contribution >= 0.6 is 11.6 Å². The van der Waals surface area contributed by atoms with Crippen molar-refractivity contribution in [3.8, 4) is 17.5 Å². The van der Waals surface area contributed by atoms with Gasteiger partial charge in [0, 0.05) is 24.2 Å². The third-order valence-electron chi connectivity index (χ3n) is 5.27. The van der Waals surface area contributed by atoms with Gasteiger partial charge in [0.05, 0.1) is 6.54 Å². The SMILES string of the molecule is O=c1[nH]c2nc(OCCOc3cccc(OC(F)(F)F)c3)n(Cc3ccc(Cl)cc3)c2c(=O)n1CCCO. The summed E-state index contributed by atoms with van der Waals surface area (Å²) in [6, 6.07) is 11.9. The molecule has 0 aliphatic rings. The van der Waals surface area contributed by atoms with Crippen molar-refractivity contribution in [1.29, 1.82) is 0 Å². The van der Waals surface area contributed by atoms with Gasteiger partial charge in [-0.05, 0) is 36.2 Å². The largest absolute Gasteiger partial charge is 0.573 e. The molecule has 2 N–H and O–H groups in total. The van der Waals surface area contributed by atoms with Gasteiger partial charge in [0.1, 0.15) is 24.7 Å². The fourth-order valence-electron chi connectivity index (χ4n) is 3.64. The number of aromatic nitrogens is 4. The molecular weight excluding hydrogens is 533 g/mol. The van der Waals surface area contributed by atoms with Crippen LogP contribution in [0.4, 0.5) is 13.2 Å². The lowest BCUT2D eigenvalue weighted by Gasteiger charge is -2.12. The van der Waals surface area contributed by atoms with Crippen LogP contribution in [0.1, 0.15) is 12.0 Å². The zero-order valence-electron chi connectivity index (χ0n) is 19.7. The molecule has 0 spiro atoms. The second-order valence-electron chi connectivity index (χ2n) is 7.99. The Kier molecular flexibility index (Phi) is 8.27. The van der Waals surface area contributed by atoms with Gasteiger partial charge in [0.15, 0.2) is 11.2 Å². The maximum atomic E-state index is 13.2. The monoisotopic (exact) mass is 554 g/mol. The maximum absolute atomic E-state index is 13.2. The third-order valence-corrected chi connectivity index (χ3v) is 5.52. The van der Waals surface area contributed by atoms with Gasteiger partial charge in [-0.3, -0.25) is 18.9 Å². The summed E-state index contributed by atoms with van der Waals surface area (Å²) < 4.78 is 54.9. The van der Waals surface area contributed by atoms with Crippen LogP contribution in [0.25, 0.3) is 11.2 Å². The van der Waals surface area contributed by atoms with Gasteiger partial charge in [-0.1, -0.05) is 29.8 Å². The normalized spacial score (nSPS) is 11.6. The number of H-pyrrole nitrogens is 1. The van der Waals surface area contributed by atoms with Crippen LogP contribution in [0, 0.1) is 0 Å². The summed E-state index contributed by atoms with van der Waals surface area (Å²) in [6.07, 6.45) is -4.63. The molecule has 4 aromatic rings. The zero-order chi connectivity index (χ0) is 27.3. The summed E-state index contributed by atoms with van der Waals surface area (Å²) in [4.78, 5) is 32.4. The second-order valence-corrected chi connectivity index (χ2v) is 8.42. The molecule has 0 saturated carbocycles. The van der Waals surface area contributed by atoms with Crippen molar-refractivity contribution >= 4 is 22.8 Å². The number of ether oxygens (including phenoxy) is 3. The zero-order valence-corrected chi connectivity index (χ0v) is 20.5. The van der Waals surface area contributed by atoms with Crippen LogP contribution in [0.2, 0.25) is 5.02 Å². The molecule has 202 valence electrons. The fraction of sp³-hybridized carbons (Fsp3) is 0.292. The number of nitrogens with one attached hydrogen (secondary N) is 1. The Morgan fingerprint density at radius 3 is 2.42 bits per heavy atom. The number of benzene rings is 2. The summed E-state index contributed by atoms with van der Waals surface area (Å²) in [5.41, 5.74) is -0.412. The van der Waals surface area contributed by atoms with Crippen molar-refractivity contribution in [1.82, 2.24) is 19.1 Å². The van der Waals surface area contributed by atoms with Crippen molar-refractivity contribution in [3.05, 3.63) is 80.0 Å². The van der Waals surface area contributed by atoms with E-state index in [0.717, 1.165) is 22.3 Å². The van der Waals surface area contributed by atoms with Crippen LogP contribution in [0.15, 0.2) is 58.1 Å². The number of fused-ring (bicyclic) bond motifs is 1. The average molecular weight is 555 g/mol. The summed E-state index contributed by atoms with van der Waals surface area (Å²) in [6.45, 7) is -0.197. The number of aliphatic hydroxyl groups is 1. The predicted octanol–water partition coefficient (Wildman–Crippen LogP) is 3.33. The Bertz CT molecular complexity index is 1520. The van der Waals surface area contributed by atoms with E-state index in [1.165, 1.54) is 16.7 Å². The number of imidazole rings is 1. The topological polar surface area (TPSA) is 121 Å². The first kappa shape index (κ1) is 27.1. The highest BCUT2D eigenvalue weighted by molar-refractivity contribution is 6.30. The standard InChI is InChI=1S/C24H22ClF3N4O6/c25-16-7-5-15(6-8-16)14-32-19-20(29-22(35)31(21(19)34)9-2-10-33)30-23(32)37-12-11-36-17-3-1-4-18(13-17)38-24(26,27)28/h1,3-8,13,33H,2,9-12,14H2,(H,29,35). The molecule has 0 aliphatic heterocycles. The molecule has 2 aromatic carbocycles. The summed E-state index contributed by atoms with van der Waals surface area (Å²) in [5, 5.41) is 9.65. The Morgan fingerprint density at radius 1 is 1.00 bits per heavy atom. The molecule has 10 nitrogen and oxygen atoms in total. The first-order chi connectivity index (χ1) is 18.1. The molecule has 0 fully saturated rings. The minimum atomic E-state index is -4.83. The number of hydrogen-bond acceptors (Lipinski definition) is 7. The van der Waals surface area contributed by atoms with Crippen molar-refractivity contribution in [2.24, 2.45) is 0 Å². The first-order valence-electron chi connectivity index (χ1n) is 11.3. The van der Waals surface area contributed by atoms with Crippen LogP contribution in [0.5, 0.6) is 17.5 Å². The number of nitrogens with zero attached hydrogens (tertiary/aromatic N) is 3. The molecule has 0 radical (unpaired) electrons. The molecule has 0 atom stereocenters. The second kappa shape index (κ2) is 11.6. The molecule has 0 saturated heterocycles. The molecule has 14 heteroatoms. The highest BCUT2D eigenvalue weighted by Crippen LogP contribution is 2.26. The van der Waals surface area contributed by atoms with Gasteiger partial charge in [-0.2, -0.15) is 4.98 Å². The molecule has 2 heterocycles. The molecule has 0 amide bonds. The number of rotatable bonds is 11. The van der Waals surface area contributed by atoms with E-state index in [9.17, 15) is 22.8 Å². The molecule has 0 bridgehead atoms. The quantitative estimate of drug-likeness (QED) is 0.273. The van der Waals surface area contributed by atoms with Crippen LogP contribution in [0.3, 0.4) is 0 Å². The predicted molar refractivity (Wildman–Crippen MR) is 131 cm³/mol. The Hall–Kier alpha value is -3.97. The molecule has 38 heavy (non-hydrogen) atoms. The molecule has 2 aromatic heterocycles. The first-order valence-corrected chi connectivity index (χ1v) is 11.7. The van der Waals surface area contributed by atoms with Crippen LogP contribution in [-0.2, 0) is 13.1 Å². The van der Waals surface area contributed by atoms with Gasteiger partial charge >= 0.3 is 12.1 Å². The highest BCUT2D eigenvalue weighted by atomic mass is 35.5. The van der Waals surface area contributed by atoms with E-state index in [1.807, 2.05) is 0 Å². The van der Waals surface area contributed by atoms with E-state index in [1.54, 1.807) is 24.3 Å². The Morgan fingerprint density at radius 2 is 1.71 bits per heavy atom. The van der Waals surface area contributed by atoms with Gasteiger partial charge in [0.2, 0.25) is 0 Å². The van der Waals surface area contributed by atoms with E-state index >= 15 is 0 Å². The van der Waals surface area contributed by atoms with Crippen molar-refractivity contribution < 1.29 is 32.5 Å². The number of aromatic amines is 1. The van der Waals surface area contributed by atoms with E-state index in [0.29, 0.717) is 5.02 Å². The smallest absolute Gasteiger partial charge is 0.490 e. The third kappa shape index (κ3) is 6.66. The molecule has 0 aliphatic carbocycles. The van der Waals surface area contributed by atoms with Gasteiger partial charge < -0.3 is 19.3 Å². The number of aliphatic hydroxyl groups excluding tert-OH is 1. The number of hydrogen-bond donors (Lipinski definition) is 2. The Balaban J connectivity index is 1.57. The van der Waals surface area contributed by atoms with E-state index in [-0.39, 0.29) is 62.3 Å². The van der Waals surface area contributed by atoms with Crippen molar-refractivity contribution in [2.75, 3.05) is 19.8 Å². The van der Waals surface area contributed by atoms with E-state index in [2.05, 4.69) is 14.7 Å². The summed E-state index contributed by atoms with van der Waals surface area (Å²) >= 11 is 5.97. The minimum absolute atomic E-state index is 0.00782. The van der Waals surface area contributed by atoms with E-state index < -0.39 is 23.4 Å². The summed E-state index contributed by atoms with van der Waals surface area (Å²) in [5.74, 6) is -0.303. The van der Waals surface area contributed by atoms with Gasteiger partial charge in [-0.25, -0.2) is 4.79 Å². The highest BCUT2D eigenvalue weighted by Gasteiger charge is 2.31. The lowest BCUT2D eigenvalue weighted by atomic mass is 10.2. The van der Waals surface area contributed by atoms with Crippen LogP contribution in [-0.4, -0.2) is 50.4 Å². The van der Waals surface area contributed by atoms with Crippen LogP contribution < -0.4 is 25.5 Å². The molecule has 4 rings (SSSR count). The number of halogens is 4. The lowest BCUT2D eigenvalue weighted by molar-refractivity contribution is -0.274. The molecule has 0 unspecified atom stereocenters.